The smallest absolute Gasteiger partial charge is 0.349 e. The molecule has 33 heavy (non-hydrogen) atoms. The van der Waals surface area contributed by atoms with E-state index in [-0.39, 0.29) is 23.4 Å². The molecule has 2 aromatic rings. The molecular formula is C23H25F3N2O4S. The molecule has 1 unspecified atom stereocenters. The van der Waals surface area contributed by atoms with Crippen molar-refractivity contribution in [3.63, 3.8) is 0 Å². The molecule has 0 bridgehead atoms. The van der Waals surface area contributed by atoms with Gasteiger partial charge in [-0.05, 0) is 49.1 Å². The van der Waals surface area contributed by atoms with Gasteiger partial charge >= 0.3 is 5.51 Å². The summed E-state index contributed by atoms with van der Waals surface area (Å²) in [5.41, 5.74) is -4.37. The number of sulfone groups is 1. The molecule has 1 aliphatic heterocycles. The van der Waals surface area contributed by atoms with Crippen LogP contribution in [0.4, 0.5) is 13.2 Å². The number of halogens is 3. The predicted octanol–water partition coefficient (Wildman–Crippen LogP) is 3.89. The number of amides is 2. The average molecular weight is 483 g/mol. The van der Waals surface area contributed by atoms with Crippen LogP contribution in [-0.4, -0.2) is 49.8 Å². The zero-order chi connectivity index (χ0) is 24.2. The number of benzene rings is 2. The number of nitrogens with zero attached hydrogens (tertiary/aromatic N) is 1. The summed E-state index contributed by atoms with van der Waals surface area (Å²) in [5.74, 6) is -0.676. The van der Waals surface area contributed by atoms with Crippen LogP contribution in [0.2, 0.25) is 0 Å². The molecule has 178 valence electrons. The highest BCUT2D eigenvalue weighted by atomic mass is 32.2. The van der Waals surface area contributed by atoms with E-state index in [1.54, 1.807) is 4.90 Å². The van der Waals surface area contributed by atoms with E-state index in [0.29, 0.717) is 32.4 Å². The predicted molar refractivity (Wildman–Crippen MR) is 116 cm³/mol. The molecule has 10 heteroatoms. The number of carbonyl (C=O) groups is 2. The van der Waals surface area contributed by atoms with E-state index in [2.05, 4.69) is 5.32 Å². The van der Waals surface area contributed by atoms with E-state index in [9.17, 15) is 31.2 Å². The standard InChI is InChI=1S/C23H25F3N2O4S/c1-2-20(16-6-4-3-5-7-16)22(30)28-14-12-18(13-15-28)27-21(29)17-8-10-19(11-9-17)33(31,32)23(24,25)26/h3-11,18,20H,2,12-15H2,1H3,(H,27,29). The lowest BCUT2D eigenvalue weighted by atomic mass is 9.93. The number of carbonyl (C=O) groups excluding carboxylic acids is 2. The molecule has 0 saturated carbocycles. The first-order valence-corrected chi connectivity index (χ1v) is 12.1. The largest absolute Gasteiger partial charge is 0.501 e. The van der Waals surface area contributed by atoms with Crippen LogP contribution in [0.3, 0.4) is 0 Å². The number of piperidine rings is 1. The molecule has 2 amide bonds. The summed E-state index contributed by atoms with van der Waals surface area (Å²) >= 11 is 0. The third kappa shape index (κ3) is 5.55. The second-order valence-electron chi connectivity index (χ2n) is 7.92. The maximum atomic E-state index is 13.0. The fraction of sp³-hybridized carbons (Fsp3) is 0.391. The summed E-state index contributed by atoms with van der Waals surface area (Å²) in [7, 11) is -5.46. The molecule has 1 heterocycles. The van der Waals surface area contributed by atoms with Crippen LogP contribution in [0.5, 0.6) is 0 Å². The Hall–Kier alpha value is -2.88. The summed E-state index contributed by atoms with van der Waals surface area (Å²) in [6.45, 7) is 2.93. The van der Waals surface area contributed by atoms with Crippen LogP contribution < -0.4 is 5.32 Å². The molecule has 6 nitrogen and oxygen atoms in total. The third-order valence-corrected chi connectivity index (χ3v) is 7.28. The number of likely N-dealkylation sites (tertiary alicyclic amines) is 1. The molecule has 1 aliphatic rings. The van der Waals surface area contributed by atoms with Crippen LogP contribution in [0.15, 0.2) is 59.5 Å². The SMILES string of the molecule is CCC(C(=O)N1CCC(NC(=O)c2ccc(S(=O)(=O)C(F)(F)F)cc2)CC1)c1ccccc1. The van der Waals surface area contributed by atoms with E-state index in [1.165, 1.54) is 0 Å². The Bertz CT molecular complexity index is 1080. The first kappa shape index (κ1) is 24.8. The van der Waals surface area contributed by atoms with Gasteiger partial charge in [0.2, 0.25) is 5.91 Å². The highest BCUT2D eigenvalue weighted by Gasteiger charge is 2.46. The minimum atomic E-state index is -5.46. The van der Waals surface area contributed by atoms with Crippen molar-refractivity contribution in [2.75, 3.05) is 13.1 Å². The molecule has 0 radical (unpaired) electrons. The maximum Gasteiger partial charge on any atom is 0.501 e. The summed E-state index contributed by atoms with van der Waals surface area (Å²) in [6.07, 6.45) is 1.77. The van der Waals surface area contributed by atoms with Crippen molar-refractivity contribution in [3.8, 4) is 0 Å². The summed E-state index contributed by atoms with van der Waals surface area (Å²) < 4.78 is 60.8. The van der Waals surface area contributed by atoms with Gasteiger partial charge in [0.05, 0.1) is 10.8 Å². The quantitative estimate of drug-likeness (QED) is 0.677. The molecule has 1 N–H and O–H groups in total. The minimum Gasteiger partial charge on any atom is -0.349 e. The number of alkyl halides is 3. The van der Waals surface area contributed by atoms with Crippen LogP contribution in [-0.2, 0) is 14.6 Å². The number of hydrogen-bond donors (Lipinski definition) is 1. The lowest BCUT2D eigenvalue weighted by Gasteiger charge is -2.34. The molecule has 1 saturated heterocycles. The third-order valence-electron chi connectivity index (χ3n) is 5.78. The van der Waals surface area contributed by atoms with Gasteiger partial charge in [0, 0.05) is 24.7 Å². The highest BCUT2D eigenvalue weighted by molar-refractivity contribution is 7.92. The Morgan fingerprint density at radius 1 is 1.03 bits per heavy atom. The van der Waals surface area contributed by atoms with E-state index < -0.39 is 26.1 Å². The topological polar surface area (TPSA) is 83.6 Å². The molecule has 0 aromatic heterocycles. The number of nitrogens with one attached hydrogen (secondary N) is 1. The lowest BCUT2D eigenvalue weighted by Crippen LogP contribution is -2.47. The first-order valence-electron chi connectivity index (χ1n) is 10.6. The van der Waals surface area contributed by atoms with Gasteiger partial charge in [-0.2, -0.15) is 13.2 Å². The van der Waals surface area contributed by atoms with Crippen molar-refractivity contribution in [1.29, 1.82) is 0 Å². The normalized spacial score (nSPS) is 16.3. The van der Waals surface area contributed by atoms with Gasteiger partial charge in [0.25, 0.3) is 15.7 Å². The van der Waals surface area contributed by atoms with Crippen molar-refractivity contribution < 1.29 is 31.2 Å². The Labute approximate surface area is 190 Å². The van der Waals surface area contributed by atoms with Gasteiger partial charge in [-0.15, -0.1) is 0 Å². The number of hydrogen-bond acceptors (Lipinski definition) is 4. The van der Waals surface area contributed by atoms with Crippen LogP contribution >= 0.6 is 0 Å². The Morgan fingerprint density at radius 3 is 2.12 bits per heavy atom. The second-order valence-corrected chi connectivity index (χ2v) is 9.86. The minimum absolute atomic E-state index is 0.0509. The fourth-order valence-electron chi connectivity index (χ4n) is 3.89. The van der Waals surface area contributed by atoms with E-state index in [4.69, 9.17) is 0 Å². The summed E-state index contributed by atoms with van der Waals surface area (Å²) in [4.78, 5) is 26.3. The summed E-state index contributed by atoms with van der Waals surface area (Å²) in [5, 5.41) is 2.81. The Balaban J connectivity index is 1.57. The molecule has 3 rings (SSSR count). The highest BCUT2D eigenvalue weighted by Crippen LogP contribution is 2.30. The zero-order valence-electron chi connectivity index (χ0n) is 18.0. The van der Waals surface area contributed by atoms with Gasteiger partial charge in [0.15, 0.2) is 0 Å². The lowest BCUT2D eigenvalue weighted by molar-refractivity contribution is -0.134. The van der Waals surface area contributed by atoms with Crippen LogP contribution in [0, 0.1) is 0 Å². The van der Waals surface area contributed by atoms with Crippen molar-refractivity contribution in [1.82, 2.24) is 10.2 Å². The average Bonchev–Trinajstić information content (AvgIpc) is 2.80. The Morgan fingerprint density at radius 2 is 1.61 bits per heavy atom. The molecule has 2 aromatic carbocycles. The Kier molecular flexibility index (Phi) is 7.46. The van der Waals surface area contributed by atoms with Gasteiger partial charge in [0.1, 0.15) is 0 Å². The van der Waals surface area contributed by atoms with Crippen molar-refractivity contribution >= 4 is 21.7 Å². The monoisotopic (exact) mass is 482 g/mol. The van der Waals surface area contributed by atoms with Crippen molar-refractivity contribution in [2.45, 2.75) is 48.5 Å². The molecule has 0 spiro atoms. The van der Waals surface area contributed by atoms with E-state index in [0.717, 1.165) is 29.8 Å². The number of rotatable bonds is 6. The van der Waals surface area contributed by atoms with Crippen molar-refractivity contribution in [3.05, 3.63) is 65.7 Å². The van der Waals surface area contributed by atoms with Gasteiger partial charge < -0.3 is 10.2 Å². The molecular weight excluding hydrogens is 457 g/mol. The van der Waals surface area contributed by atoms with E-state index in [1.807, 2.05) is 37.3 Å². The maximum absolute atomic E-state index is 13.0. The van der Waals surface area contributed by atoms with Gasteiger partial charge in [-0.25, -0.2) is 8.42 Å². The fourth-order valence-corrected chi connectivity index (χ4v) is 4.65. The van der Waals surface area contributed by atoms with Gasteiger partial charge in [-0.1, -0.05) is 37.3 Å². The zero-order valence-corrected chi connectivity index (χ0v) is 18.8. The van der Waals surface area contributed by atoms with Crippen LogP contribution in [0.1, 0.15) is 48.0 Å². The second kappa shape index (κ2) is 9.94. The molecule has 1 atom stereocenters. The van der Waals surface area contributed by atoms with Gasteiger partial charge in [-0.3, -0.25) is 9.59 Å². The first-order chi connectivity index (χ1) is 15.5. The summed E-state index contributed by atoms with van der Waals surface area (Å²) in [6, 6.07) is 13.0. The van der Waals surface area contributed by atoms with Crippen molar-refractivity contribution in [2.24, 2.45) is 0 Å². The molecule has 0 aliphatic carbocycles. The van der Waals surface area contributed by atoms with E-state index >= 15 is 0 Å². The molecule has 1 fully saturated rings. The van der Waals surface area contributed by atoms with Crippen LogP contribution in [0.25, 0.3) is 0 Å².